The molecule has 1 fully saturated rings. The maximum atomic E-state index is 5.61. The second-order valence-corrected chi connectivity index (χ2v) is 7.08. The Bertz CT molecular complexity index is 1130. The Kier molecular flexibility index (Phi) is 5.80. The number of H-pyrrole nitrogens is 2. The van der Waals surface area contributed by atoms with Gasteiger partial charge in [-0.05, 0) is 37.6 Å². The van der Waals surface area contributed by atoms with Crippen molar-refractivity contribution < 1.29 is 4.74 Å². The van der Waals surface area contributed by atoms with Crippen LogP contribution < -0.4 is 4.90 Å². The number of ether oxygens (including phenoxy) is 1. The molecule has 5 rings (SSSR count). The van der Waals surface area contributed by atoms with Gasteiger partial charge in [0.15, 0.2) is 0 Å². The first-order chi connectivity index (χ1) is 14.7. The van der Waals surface area contributed by atoms with E-state index in [1.54, 1.807) is 6.20 Å². The Balaban J connectivity index is 0.00000106. The van der Waals surface area contributed by atoms with E-state index in [0.29, 0.717) is 13.2 Å². The Labute approximate surface area is 176 Å². The quantitative estimate of drug-likeness (QED) is 0.512. The predicted octanol–water partition coefficient (Wildman–Crippen LogP) is 3.15. The van der Waals surface area contributed by atoms with Crippen LogP contribution in [0, 0.1) is 6.92 Å². The second-order valence-electron chi connectivity index (χ2n) is 7.08. The van der Waals surface area contributed by atoms with Crippen LogP contribution >= 0.6 is 0 Å². The van der Waals surface area contributed by atoms with Gasteiger partial charge in [0.05, 0.1) is 38.5 Å². The number of aryl methyl sites for hydroxylation is 1. The van der Waals surface area contributed by atoms with Gasteiger partial charge in [-0.1, -0.05) is 12.9 Å². The SMILES string of the molecule is Cc1cccnc1-c1cc(N2CCOC[C@H]2C)nc2c(-c3ccn[nH]3)[nH]nc12.[B]C. The minimum absolute atomic E-state index is 0.249. The van der Waals surface area contributed by atoms with Gasteiger partial charge in [0.1, 0.15) is 22.5 Å². The van der Waals surface area contributed by atoms with E-state index < -0.39 is 0 Å². The van der Waals surface area contributed by atoms with Crippen LogP contribution in [0.2, 0.25) is 6.82 Å². The molecule has 9 heteroatoms. The van der Waals surface area contributed by atoms with Gasteiger partial charge < -0.3 is 9.64 Å². The number of aromatic amines is 2. The lowest BCUT2D eigenvalue weighted by atomic mass is 10.0. The first-order valence-electron chi connectivity index (χ1n) is 9.95. The smallest absolute Gasteiger partial charge is 0.130 e. The van der Waals surface area contributed by atoms with Crippen molar-refractivity contribution in [3.8, 4) is 22.6 Å². The summed E-state index contributed by atoms with van der Waals surface area (Å²) in [6, 6.07) is 8.26. The van der Waals surface area contributed by atoms with Gasteiger partial charge in [-0.15, -0.1) is 0 Å². The average molecular weight is 401 g/mol. The summed E-state index contributed by atoms with van der Waals surface area (Å²) in [7, 11) is 4.50. The third-order valence-corrected chi connectivity index (χ3v) is 5.19. The number of hydrogen-bond acceptors (Lipinski definition) is 6. The molecule has 8 nitrogen and oxygen atoms in total. The summed E-state index contributed by atoms with van der Waals surface area (Å²) in [5.74, 6) is 0.908. The minimum Gasteiger partial charge on any atom is -0.377 e. The molecule has 1 saturated heterocycles. The van der Waals surface area contributed by atoms with Crippen molar-refractivity contribution in [3.63, 3.8) is 0 Å². The van der Waals surface area contributed by atoms with E-state index in [2.05, 4.69) is 64.1 Å². The Hall–Kier alpha value is -3.20. The fourth-order valence-electron chi connectivity index (χ4n) is 3.72. The zero-order chi connectivity index (χ0) is 21.1. The molecule has 30 heavy (non-hydrogen) atoms. The molecule has 0 spiro atoms. The van der Waals surface area contributed by atoms with Gasteiger partial charge in [0.25, 0.3) is 0 Å². The van der Waals surface area contributed by atoms with Crippen molar-refractivity contribution >= 4 is 24.7 Å². The van der Waals surface area contributed by atoms with Crippen molar-refractivity contribution in [1.29, 1.82) is 0 Å². The first kappa shape index (κ1) is 20.1. The van der Waals surface area contributed by atoms with Crippen LogP contribution in [0.5, 0.6) is 0 Å². The standard InChI is InChI=1S/C20H21N7O.CH3B/c1-12-4-3-6-21-17(12)14-10-16(27-8-9-28-11-13(27)2)23-20-18(14)25-26-19(20)15-5-7-22-24-15;1-2/h3-7,10,13H,8-9,11H2,1-2H3,(H,22,24)(H,25,26);1H3/t13-;/m1./s1. The molecule has 152 valence electrons. The summed E-state index contributed by atoms with van der Waals surface area (Å²) in [4.78, 5) is 11.9. The van der Waals surface area contributed by atoms with Crippen LogP contribution in [0.15, 0.2) is 36.7 Å². The molecule has 1 atom stereocenters. The number of nitrogens with zero attached hydrogens (tertiary/aromatic N) is 5. The molecule has 0 aromatic carbocycles. The summed E-state index contributed by atoms with van der Waals surface area (Å²) < 4.78 is 5.61. The van der Waals surface area contributed by atoms with Crippen molar-refractivity contribution in [1.82, 2.24) is 30.4 Å². The molecule has 1 aliphatic heterocycles. The molecular formula is C21H24BN7O. The molecule has 5 heterocycles. The van der Waals surface area contributed by atoms with Gasteiger partial charge in [-0.3, -0.25) is 15.2 Å². The first-order valence-corrected chi connectivity index (χ1v) is 9.95. The van der Waals surface area contributed by atoms with Gasteiger partial charge in [-0.25, -0.2) is 4.98 Å². The van der Waals surface area contributed by atoms with Gasteiger partial charge in [0, 0.05) is 24.5 Å². The molecule has 2 N–H and O–H groups in total. The molecule has 4 aromatic rings. The van der Waals surface area contributed by atoms with Crippen LogP contribution in [0.25, 0.3) is 33.7 Å². The van der Waals surface area contributed by atoms with E-state index in [1.807, 2.05) is 18.3 Å². The summed E-state index contributed by atoms with van der Waals surface area (Å²) >= 11 is 0. The summed E-state index contributed by atoms with van der Waals surface area (Å²) in [5, 5.41) is 14.8. The largest absolute Gasteiger partial charge is 0.377 e. The number of anilines is 1. The van der Waals surface area contributed by atoms with Crippen LogP contribution in [0.4, 0.5) is 5.82 Å². The third kappa shape index (κ3) is 3.56. The van der Waals surface area contributed by atoms with Crippen molar-refractivity contribution in [2.24, 2.45) is 0 Å². The number of fused-ring (bicyclic) bond motifs is 1. The number of rotatable bonds is 3. The molecule has 0 saturated carbocycles. The third-order valence-electron chi connectivity index (χ3n) is 5.19. The zero-order valence-electron chi connectivity index (χ0n) is 17.4. The van der Waals surface area contributed by atoms with E-state index in [4.69, 9.17) is 9.72 Å². The Morgan fingerprint density at radius 1 is 1.17 bits per heavy atom. The Morgan fingerprint density at radius 3 is 2.77 bits per heavy atom. The summed E-state index contributed by atoms with van der Waals surface area (Å²) in [5.41, 5.74) is 6.27. The maximum Gasteiger partial charge on any atom is 0.130 e. The minimum atomic E-state index is 0.249. The Morgan fingerprint density at radius 2 is 2.03 bits per heavy atom. The number of morpholine rings is 1. The van der Waals surface area contributed by atoms with E-state index in [1.165, 1.54) is 6.82 Å². The average Bonchev–Trinajstić information content (AvgIpc) is 3.45. The van der Waals surface area contributed by atoms with E-state index in [-0.39, 0.29) is 6.04 Å². The lowest BCUT2D eigenvalue weighted by molar-refractivity contribution is 0.0986. The summed E-state index contributed by atoms with van der Waals surface area (Å²) in [6.45, 7) is 7.91. The van der Waals surface area contributed by atoms with E-state index in [0.717, 1.165) is 51.6 Å². The van der Waals surface area contributed by atoms with Crippen LogP contribution in [0.3, 0.4) is 0 Å². The van der Waals surface area contributed by atoms with E-state index in [9.17, 15) is 0 Å². The molecule has 0 amide bonds. The lowest BCUT2D eigenvalue weighted by Crippen LogP contribution is -2.44. The highest BCUT2D eigenvalue weighted by Gasteiger charge is 2.24. The predicted molar refractivity (Wildman–Crippen MR) is 119 cm³/mol. The molecule has 0 aliphatic carbocycles. The van der Waals surface area contributed by atoms with Gasteiger partial charge >= 0.3 is 0 Å². The van der Waals surface area contributed by atoms with Gasteiger partial charge in [-0.2, -0.15) is 10.2 Å². The van der Waals surface area contributed by atoms with E-state index >= 15 is 0 Å². The molecule has 0 unspecified atom stereocenters. The molecular weight excluding hydrogens is 377 g/mol. The van der Waals surface area contributed by atoms with Crippen molar-refractivity contribution in [2.45, 2.75) is 26.7 Å². The highest BCUT2D eigenvalue weighted by Crippen LogP contribution is 2.35. The van der Waals surface area contributed by atoms with Crippen LogP contribution in [-0.2, 0) is 4.74 Å². The maximum absolute atomic E-state index is 5.61. The monoisotopic (exact) mass is 401 g/mol. The van der Waals surface area contributed by atoms with Gasteiger partial charge in [0.2, 0.25) is 0 Å². The van der Waals surface area contributed by atoms with Crippen molar-refractivity contribution in [2.75, 3.05) is 24.7 Å². The second kappa shape index (κ2) is 8.67. The summed E-state index contributed by atoms with van der Waals surface area (Å²) in [6.07, 6.45) is 3.54. The highest BCUT2D eigenvalue weighted by atomic mass is 16.5. The zero-order valence-corrected chi connectivity index (χ0v) is 17.4. The number of hydrogen-bond donors (Lipinski definition) is 2. The number of aromatic nitrogens is 6. The molecule has 1 aliphatic rings. The number of pyridine rings is 2. The highest BCUT2D eigenvalue weighted by molar-refractivity contribution is 6.05. The normalized spacial score (nSPS) is 16.4. The topological polar surface area (TPSA) is 95.6 Å². The fraction of sp³-hybridized carbons (Fsp3) is 0.333. The van der Waals surface area contributed by atoms with Crippen LogP contribution in [0.1, 0.15) is 12.5 Å². The van der Waals surface area contributed by atoms with Crippen molar-refractivity contribution in [3.05, 3.63) is 42.2 Å². The molecule has 0 bridgehead atoms. The molecule has 4 aromatic heterocycles. The fourth-order valence-corrected chi connectivity index (χ4v) is 3.72. The molecule has 2 radical (unpaired) electrons. The number of nitrogens with one attached hydrogen (secondary N) is 2. The lowest BCUT2D eigenvalue weighted by Gasteiger charge is -2.34. The van der Waals surface area contributed by atoms with Crippen LogP contribution in [-0.4, -0.2) is 64.0 Å².